The molecule has 1 fully saturated rings. The van der Waals surface area contributed by atoms with Crippen molar-refractivity contribution in [2.75, 3.05) is 18.6 Å². The summed E-state index contributed by atoms with van der Waals surface area (Å²) in [4.78, 5) is 28.2. The van der Waals surface area contributed by atoms with Crippen molar-refractivity contribution in [3.8, 4) is 11.5 Å². The van der Waals surface area contributed by atoms with Gasteiger partial charge in [0, 0.05) is 21.8 Å². The lowest BCUT2D eigenvalue weighted by atomic mass is 9.84. The van der Waals surface area contributed by atoms with Crippen LogP contribution in [0.1, 0.15) is 50.4 Å². The molecule has 1 aliphatic rings. The van der Waals surface area contributed by atoms with Gasteiger partial charge in [-0.2, -0.15) is 0 Å². The fourth-order valence-corrected chi connectivity index (χ4v) is 4.73. The first kappa shape index (κ1) is 26.3. The van der Waals surface area contributed by atoms with E-state index >= 15 is 0 Å². The van der Waals surface area contributed by atoms with Gasteiger partial charge < -0.3 is 14.6 Å². The zero-order valence-electron chi connectivity index (χ0n) is 21.5. The molecule has 1 amide bonds. The van der Waals surface area contributed by atoms with Crippen molar-refractivity contribution >= 4 is 34.7 Å². The second kappa shape index (κ2) is 10.3. The van der Waals surface area contributed by atoms with Crippen molar-refractivity contribution in [1.82, 2.24) is 0 Å². The third-order valence-electron chi connectivity index (χ3n) is 6.32. The van der Waals surface area contributed by atoms with E-state index in [2.05, 4.69) is 0 Å². The second-order valence-electron chi connectivity index (χ2n) is 9.82. The number of halogens is 1. The summed E-state index contributed by atoms with van der Waals surface area (Å²) < 4.78 is 11.1. The Kier molecular flexibility index (Phi) is 7.32. The topological polar surface area (TPSA) is 76.1 Å². The van der Waals surface area contributed by atoms with Gasteiger partial charge in [-0.1, -0.05) is 50.6 Å². The summed E-state index contributed by atoms with van der Waals surface area (Å²) in [5.74, 6) is -0.436. The first-order chi connectivity index (χ1) is 17.6. The molecule has 1 atom stereocenters. The zero-order valence-corrected chi connectivity index (χ0v) is 22.3. The van der Waals surface area contributed by atoms with Gasteiger partial charge in [0.2, 0.25) is 0 Å². The first-order valence-electron chi connectivity index (χ1n) is 12.0. The van der Waals surface area contributed by atoms with E-state index < -0.39 is 17.7 Å². The molecular formula is C30H30ClNO5. The highest BCUT2D eigenvalue weighted by Crippen LogP contribution is 2.43. The van der Waals surface area contributed by atoms with Crippen LogP contribution in [0.4, 0.5) is 5.69 Å². The zero-order chi connectivity index (χ0) is 26.9. The molecule has 1 heterocycles. The molecule has 4 rings (SSSR count). The van der Waals surface area contributed by atoms with Gasteiger partial charge in [0.05, 0.1) is 25.3 Å². The van der Waals surface area contributed by atoms with Crippen molar-refractivity contribution < 1.29 is 24.2 Å². The molecule has 192 valence electrons. The lowest BCUT2D eigenvalue weighted by Gasteiger charge is -2.26. The summed E-state index contributed by atoms with van der Waals surface area (Å²) >= 11 is 6.23. The van der Waals surface area contributed by atoms with Gasteiger partial charge in [0.15, 0.2) is 0 Å². The third-order valence-corrected chi connectivity index (χ3v) is 6.55. The highest BCUT2D eigenvalue weighted by Gasteiger charge is 2.47. The molecule has 1 N–H and O–H groups in total. The molecule has 0 aliphatic carbocycles. The SMILES string of the molecule is CCOc1ccc(C2/C(=C(/O)c3ccc(OC)c(C(C)(C)C)c3)C(=O)C(=O)N2c2cccc(Cl)c2)cc1. The smallest absolute Gasteiger partial charge is 0.300 e. The lowest BCUT2D eigenvalue weighted by molar-refractivity contribution is -0.132. The monoisotopic (exact) mass is 519 g/mol. The molecule has 0 radical (unpaired) electrons. The number of amides is 1. The molecule has 0 aromatic heterocycles. The number of hydrogen-bond donors (Lipinski definition) is 1. The minimum Gasteiger partial charge on any atom is -0.507 e. The molecule has 1 saturated heterocycles. The van der Waals surface area contributed by atoms with E-state index in [-0.39, 0.29) is 16.7 Å². The maximum Gasteiger partial charge on any atom is 0.300 e. The van der Waals surface area contributed by atoms with E-state index in [1.165, 1.54) is 4.90 Å². The minimum atomic E-state index is -0.866. The molecule has 3 aromatic carbocycles. The number of ketones is 1. The van der Waals surface area contributed by atoms with Crippen LogP contribution in [0, 0.1) is 0 Å². The fraction of sp³-hybridized carbons (Fsp3) is 0.267. The van der Waals surface area contributed by atoms with Gasteiger partial charge in [-0.3, -0.25) is 14.5 Å². The minimum absolute atomic E-state index is 0.000776. The highest BCUT2D eigenvalue weighted by molar-refractivity contribution is 6.51. The van der Waals surface area contributed by atoms with Crippen LogP contribution in [0.3, 0.4) is 0 Å². The summed E-state index contributed by atoms with van der Waals surface area (Å²) in [6, 6.07) is 18.3. The number of methoxy groups -OCH3 is 1. The average molecular weight is 520 g/mol. The number of ether oxygens (including phenoxy) is 2. The summed E-state index contributed by atoms with van der Waals surface area (Å²) in [6.45, 7) is 8.50. The Bertz CT molecular complexity index is 1370. The molecule has 1 aliphatic heterocycles. The van der Waals surface area contributed by atoms with E-state index in [1.807, 2.05) is 27.7 Å². The third kappa shape index (κ3) is 5.07. The number of carbonyl (C=O) groups is 2. The van der Waals surface area contributed by atoms with Crippen molar-refractivity contribution in [3.63, 3.8) is 0 Å². The van der Waals surface area contributed by atoms with Gasteiger partial charge in [-0.15, -0.1) is 0 Å². The normalized spacial score (nSPS) is 17.2. The number of benzene rings is 3. The van der Waals surface area contributed by atoms with Crippen molar-refractivity contribution in [2.24, 2.45) is 0 Å². The average Bonchev–Trinajstić information content (AvgIpc) is 3.13. The molecule has 7 heteroatoms. The quantitative estimate of drug-likeness (QED) is 0.223. The van der Waals surface area contributed by atoms with Gasteiger partial charge in [0.25, 0.3) is 11.7 Å². The molecule has 3 aromatic rings. The van der Waals surface area contributed by atoms with Crippen LogP contribution in [-0.2, 0) is 15.0 Å². The van der Waals surface area contributed by atoms with Crippen LogP contribution in [0.25, 0.3) is 5.76 Å². The Balaban J connectivity index is 1.94. The maximum absolute atomic E-state index is 13.5. The van der Waals surface area contributed by atoms with E-state index in [4.69, 9.17) is 21.1 Å². The van der Waals surface area contributed by atoms with E-state index in [0.717, 1.165) is 5.56 Å². The standard InChI is InChI=1S/C30H30ClNO5/c1-6-37-22-13-10-18(11-14-22)26-25(28(34)29(35)32(26)21-9-7-8-20(31)17-21)27(33)19-12-15-24(36-5)23(16-19)30(2,3)4/h7-17,26,33H,6H2,1-5H3/b27-25-. The summed E-state index contributed by atoms with van der Waals surface area (Å²) in [7, 11) is 1.59. The van der Waals surface area contributed by atoms with E-state index in [9.17, 15) is 14.7 Å². The van der Waals surface area contributed by atoms with Crippen molar-refractivity contribution in [3.05, 3.63) is 94.0 Å². The number of anilines is 1. The number of aliphatic hydroxyl groups excluding tert-OH is 1. The number of rotatable bonds is 6. The maximum atomic E-state index is 13.5. The Labute approximate surface area is 222 Å². The van der Waals surface area contributed by atoms with Gasteiger partial charge in [0.1, 0.15) is 17.3 Å². The van der Waals surface area contributed by atoms with Crippen LogP contribution in [-0.4, -0.2) is 30.5 Å². The predicted octanol–water partition coefficient (Wildman–Crippen LogP) is 6.67. The Hall–Kier alpha value is -3.77. The van der Waals surface area contributed by atoms with Crippen molar-refractivity contribution in [2.45, 2.75) is 39.2 Å². The van der Waals surface area contributed by atoms with Gasteiger partial charge >= 0.3 is 0 Å². The first-order valence-corrected chi connectivity index (χ1v) is 12.4. The summed E-state index contributed by atoms with van der Waals surface area (Å²) in [5.41, 5.74) is 2.10. The lowest BCUT2D eigenvalue weighted by Crippen LogP contribution is -2.29. The fourth-order valence-electron chi connectivity index (χ4n) is 4.55. The number of Topliss-reactive ketones (excluding diaryl/α,β-unsaturated/α-hetero) is 1. The van der Waals surface area contributed by atoms with Crippen LogP contribution < -0.4 is 14.4 Å². The molecule has 0 bridgehead atoms. The molecule has 1 unspecified atom stereocenters. The largest absolute Gasteiger partial charge is 0.507 e. The second-order valence-corrected chi connectivity index (χ2v) is 10.3. The summed E-state index contributed by atoms with van der Waals surface area (Å²) in [6.07, 6.45) is 0. The summed E-state index contributed by atoms with van der Waals surface area (Å²) in [5, 5.41) is 12.0. The predicted molar refractivity (Wildman–Crippen MR) is 146 cm³/mol. The number of nitrogens with zero attached hydrogens (tertiary/aromatic N) is 1. The van der Waals surface area contributed by atoms with E-state index in [0.29, 0.717) is 39.9 Å². The number of aliphatic hydroxyl groups is 1. The Morgan fingerprint density at radius 2 is 1.73 bits per heavy atom. The highest BCUT2D eigenvalue weighted by atomic mass is 35.5. The molecule has 0 saturated carbocycles. The van der Waals surface area contributed by atoms with Crippen LogP contribution in [0.2, 0.25) is 5.02 Å². The molecule has 0 spiro atoms. The Morgan fingerprint density at radius 1 is 1.03 bits per heavy atom. The van der Waals surface area contributed by atoms with Crippen molar-refractivity contribution in [1.29, 1.82) is 0 Å². The van der Waals surface area contributed by atoms with Crippen LogP contribution in [0.15, 0.2) is 72.3 Å². The molecular weight excluding hydrogens is 490 g/mol. The Morgan fingerprint density at radius 3 is 2.32 bits per heavy atom. The molecule has 6 nitrogen and oxygen atoms in total. The number of carbonyl (C=O) groups excluding carboxylic acids is 2. The van der Waals surface area contributed by atoms with Gasteiger partial charge in [-0.05, 0) is 66.4 Å². The van der Waals surface area contributed by atoms with Gasteiger partial charge in [-0.25, -0.2) is 0 Å². The molecule has 37 heavy (non-hydrogen) atoms. The van der Waals surface area contributed by atoms with Crippen LogP contribution in [0.5, 0.6) is 11.5 Å². The van der Waals surface area contributed by atoms with Crippen LogP contribution >= 0.6 is 11.6 Å². The number of hydrogen-bond acceptors (Lipinski definition) is 5. The van der Waals surface area contributed by atoms with E-state index in [1.54, 1.807) is 73.8 Å².